The van der Waals surface area contributed by atoms with E-state index in [0.717, 1.165) is 6.42 Å². The van der Waals surface area contributed by atoms with Crippen LogP contribution < -0.4 is 10.6 Å². The van der Waals surface area contributed by atoms with Gasteiger partial charge in [0.25, 0.3) is 11.8 Å². The maximum atomic E-state index is 11.8. The number of nitrogens with zero attached hydrogens (tertiary/aromatic N) is 1. The van der Waals surface area contributed by atoms with Crippen molar-refractivity contribution in [3.63, 3.8) is 0 Å². The van der Waals surface area contributed by atoms with E-state index in [2.05, 4.69) is 10.6 Å². The van der Waals surface area contributed by atoms with Crippen molar-refractivity contribution in [2.24, 2.45) is 0 Å². The van der Waals surface area contributed by atoms with Crippen molar-refractivity contribution in [3.05, 3.63) is 12.2 Å². The van der Waals surface area contributed by atoms with E-state index in [0.29, 0.717) is 85.2 Å². The molecule has 4 amide bonds. The average Bonchev–Trinajstić information content (AvgIpc) is 3.10. The van der Waals surface area contributed by atoms with Crippen LogP contribution in [0, 0.1) is 0 Å². The Kier molecular flexibility index (Phi) is 16.4. The van der Waals surface area contributed by atoms with Crippen LogP contribution in [0.3, 0.4) is 0 Å². The third-order valence-corrected chi connectivity index (χ3v) is 4.39. The zero-order valence-electron chi connectivity index (χ0n) is 18.9. The fourth-order valence-corrected chi connectivity index (χ4v) is 2.73. The first-order valence-electron chi connectivity index (χ1n) is 11.1. The van der Waals surface area contributed by atoms with E-state index in [-0.39, 0.29) is 24.3 Å². The molecule has 0 aromatic carbocycles. The van der Waals surface area contributed by atoms with Crippen LogP contribution in [0.4, 0.5) is 4.79 Å². The van der Waals surface area contributed by atoms with Gasteiger partial charge in [0.2, 0.25) is 5.91 Å². The molecule has 1 aliphatic heterocycles. The van der Waals surface area contributed by atoms with Gasteiger partial charge in [-0.1, -0.05) is 6.42 Å². The number of hydrogen-bond donors (Lipinski definition) is 3. The van der Waals surface area contributed by atoms with Gasteiger partial charge in [0, 0.05) is 38.2 Å². The molecule has 0 saturated heterocycles. The van der Waals surface area contributed by atoms with Crippen LogP contribution >= 0.6 is 0 Å². The van der Waals surface area contributed by atoms with Crippen LogP contribution in [0.1, 0.15) is 25.7 Å². The van der Waals surface area contributed by atoms with E-state index >= 15 is 0 Å². The van der Waals surface area contributed by atoms with Gasteiger partial charge in [-0.3, -0.25) is 19.3 Å². The number of amides is 4. The predicted octanol–water partition coefficient (Wildman–Crippen LogP) is -0.0780. The van der Waals surface area contributed by atoms with E-state index in [9.17, 15) is 19.2 Å². The lowest BCUT2D eigenvalue weighted by atomic mass is 10.2. The Morgan fingerprint density at radius 3 is 1.73 bits per heavy atom. The van der Waals surface area contributed by atoms with E-state index in [4.69, 9.17) is 24.1 Å². The van der Waals surface area contributed by atoms with Crippen LogP contribution in [-0.4, -0.2) is 106 Å². The highest BCUT2D eigenvalue weighted by Crippen LogP contribution is 2.07. The molecule has 33 heavy (non-hydrogen) atoms. The van der Waals surface area contributed by atoms with Crippen molar-refractivity contribution in [1.29, 1.82) is 0 Å². The Morgan fingerprint density at radius 2 is 1.21 bits per heavy atom. The number of carboxylic acid groups (broad SMARTS) is 1. The van der Waals surface area contributed by atoms with Gasteiger partial charge in [-0.05, 0) is 12.8 Å². The van der Waals surface area contributed by atoms with Crippen molar-refractivity contribution in [2.75, 3.05) is 72.5 Å². The minimum absolute atomic E-state index is 0.0517. The van der Waals surface area contributed by atoms with Crippen LogP contribution in [-0.2, 0) is 33.3 Å². The molecule has 12 nitrogen and oxygen atoms in total. The smallest absolute Gasteiger partial charge is 0.404 e. The average molecular weight is 474 g/mol. The molecule has 0 aromatic heterocycles. The summed E-state index contributed by atoms with van der Waals surface area (Å²) in [5, 5.41) is 13.3. The maximum absolute atomic E-state index is 11.8. The SMILES string of the molecule is O=C(O)NCCOCCOCCOCCOCCNC(=O)CCCCCN1C(=O)C=CC1=O. The van der Waals surface area contributed by atoms with Crippen LogP contribution in [0.15, 0.2) is 12.2 Å². The molecule has 12 heteroatoms. The lowest BCUT2D eigenvalue weighted by Gasteiger charge is -2.13. The van der Waals surface area contributed by atoms with Gasteiger partial charge in [-0.2, -0.15) is 0 Å². The van der Waals surface area contributed by atoms with Gasteiger partial charge in [0.05, 0.1) is 52.9 Å². The van der Waals surface area contributed by atoms with Crippen LogP contribution in [0.2, 0.25) is 0 Å². The second kappa shape index (κ2) is 19.0. The number of unbranched alkanes of at least 4 members (excludes halogenated alkanes) is 2. The molecule has 1 rings (SSSR count). The first-order valence-corrected chi connectivity index (χ1v) is 11.1. The summed E-state index contributed by atoms with van der Waals surface area (Å²) in [6, 6.07) is 0. The topological polar surface area (TPSA) is 153 Å². The van der Waals surface area contributed by atoms with Gasteiger partial charge in [-0.15, -0.1) is 0 Å². The second-order valence-corrected chi connectivity index (χ2v) is 7.00. The van der Waals surface area contributed by atoms with Gasteiger partial charge in [-0.25, -0.2) is 4.79 Å². The summed E-state index contributed by atoms with van der Waals surface area (Å²) < 4.78 is 21.2. The fraction of sp³-hybridized carbons (Fsp3) is 0.714. The van der Waals surface area contributed by atoms with Gasteiger partial charge in [0.1, 0.15) is 0 Å². The molecule has 0 aromatic rings. The Morgan fingerprint density at radius 1 is 0.727 bits per heavy atom. The van der Waals surface area contributed by atoms with E-state index in [1.54, 1.807) is 0 Å². The summed E-state index contributed by atoms with van der Waals surface area (Å²) in [5.41, 5.74) is 0. The molecule has 0 aliphatic carbocycles. The number of carbonyl (C=O) groups excluding carboxylic acids is 3. The van der Waals surface area contributed by atoms with Crippen molar-refractivity contribution < 1.29 is 43.2 Å². The lowest BCUT2D eigenvalue weighted by Crippen LogP contribution is -2.31. The van der Waals surface area contributed by atoms with E-state index in [1.807, 2.05) is 0 Å². The normalized spacial score (nSPS) is 13.0. The molecule has 1 aliphatic rings. The molecule has 1 heterocycles. The lowest BCUT2D eigenvalue weighted by molar-refractivity contribution is -0.137. The van der Waals surface area contributed by atoms with Crippen molar-refractivity contribution >= 4 is 23.8 Å². The van der Waals surface area contributed by atoms with E-state index in [1.165, 1.54) is 17.1 Å². The molecule has 0 unspecified atom stereocenters. The fourth-order valence-electron chi connectivity index (χ4n) is 2.73. The Balaban J connectivity index is 1.76. The van der Waals surface area contributed by atoms with E-state index < -0.39 is 6.09 Å². The number of carbonyl (C=O) groups is 4. The highest BCUT2D eigenvalue weighted by Gasteiger charge is 2.22. The van der Waals surface area contributed by atoms with Crippen LogP contribution in [0.5, 0.6) is 0 Å². The van der Waals surface area contributed by atoms with Gasteiger partial charge < -0.3 is 34.7 Å². The quantitative estimate of drug-likeness (QED) is 0.153. The zero-order chi connectivity index (χ0) is 24.2. The Bertz CT molecular complexity index is 610. The monoisotopic (exact) mass is 473 g/mol. The number of rotatable bonds is 21. The van der Waals surface area contributed by atoms with Crippen molar-refractivity contribution in [2.45, 2.75) is 25.7 Å². The highest BCUT2D eigenvalue weighted by molar-refractivity contribution is 6.12. The number of ether oxygens (including phenoxy) is 4. The molecule has 0 bridgehead atoms. The molecule has 0 spiro atoms. The third kappa shape index (κ3) is 15.8. The molecular formula is C21H35N3O9. The number of hydrogen-bond acceptors (Lipinski definition) is 8. The number of nitrogens with one attached hydrogen (secondary N) is 2. The van der Waals surface area contributed by atoms with Crippen molar-refractivity contribution in [1.82, 2.24) is 15.5 Å². The Labute approximate surface area is 193 Å². The summed E-state index contributed by atoms with van der Waals surface area (Å²) in [6.45, 7) is 4.22. The first-order chi connectivity index (χ1) is 16.0. The summed E-state index contributed by atoms with van der Waals surface area (Å²) in [5.74, 6) is -0.602. The number of imide groups is 1. The molecule has 3 N–H and O–H groups in total. The third-order valence-electron chi connectivity index (χ3n) is 4.39. The second-order valence-electron chi connectivity index (χ2n) is 7.00. The molecule has 0 saturated carbocycles. The molecule has 0 radical (unpaired) electrons. The van der Waals surface area contributed by atoms with Crippen molar-refractivity contribution in [3.8, 4) is 0 Å². The minimum Gasteiger partial charge on any atom is -0.465 e. The molecule has 0 fully saturated rings. The molecule has 0 atom stereocenters. The molecular weight excluding hydrogens is 438 g/mol. The maximum Gasteiger partial charge on any atom is 0.404 e. The minimum atomic E-state index is -1.07. The largest absolute Gasteiger partial charge is 0.465 e. The highest BCUT2D eigenvalue weighted by atomic mass is 16.6. The Hall–Kier alpha value is -2.54. The van der Waals surface area contributed by atoms with Gasteiger partial charge in [0.15, 0.2) is 0 Å². The predicted molar refractivity (Wildman–Crippen MR) is 117 cm³/mol. The molecule has 188 valence electrons. The summed E-state index contributed by atoms with van der Waals surface area (Å²) in [6.07, 6.45) is 4.00. The first kappa shape index (κ1) is 28.5. The summed E-state index contributed by atoms with van der Waals surface area (Å²) in [7, 11) is 0. The van der Waals surface area contributed by atoms with Crippen LogP contribution in [0.25, 0.3) is 0 Å². The standard InChI is InChI=1S/C21H35N3O9/c25-18(4-2-1-3-9-24-19(26)5-6-20(24)27)22-7-10-30-12-14-32-16-17-33-15-13-31-11-8-23-21(28)29/h5-6,23H,1-4,7-17H2,(H,22,25)(H,28,29). The zero-order valence-corrected chi connectivity index (χ0v) is 18.9. The van der Waals surface area contributed by atoms with Gasteiger partial charge >= 0.3 is 6.09 Å². The summed E-state index contributed by atoms with van der Waals surface area (Å²) in [4.78, 5) is 46.0. The summed E-state index contributed by atoms with van der Waals surface area (Å²) >= 11 is 0.